The van der Waals surface area contributed by atoms with Crippen LogP contribution in [-0.2, 0) is 4.79 Å². The largest absolute Gasteiger partial charge is 0.355 e. The second-order valence-electron chi connectivity index (χ2n) is 4.46. The molecule has 0 aromatic carbocycles. The van der Waals surface area contributed by atoms with E-state index in [2.05, 4.69) is 29.4 Å². The van der Waals surface area contributed by atoms with Gasteiger partial charge in [-0.1, -0.05) is 20.3 Å². The van der Waals surface area contributed by atoms with Crippen LogP contribution in [-0.4, -0.2) is 49.1 Å². The zero-order valence-electron chi connectivity index (χ0n) is 10.8. The van der Waals surface area contributed by atoms with Gasteiger partial charge in [0.05, 0.1) is 6.04 Å². The lowest BCUT2D eigenvalue weighted by atomic mass is 10.1. The van der Waals surface area contributed by atoms with Crippen LogP contribution in [0.4, 0.5) is 0 Å². The maximum atomic E-state index is 11.9. The highest BCUT2D eigenvalue weighted by molar-refractivity contribution is 5.81. The Morgan fingerprint density at radius 1 is 1.50 bits per heavy atom. The van der Waals surface area contributed by atoms with Crippen LogP contribution in [0.3, 0.4) is 0 Å². The van der Waals surface area contributed by atoms with Crippen LogP contribution in [0, 0.1) is 0 Å². The molecule has 2 N–H and O–H groups in total. The van der Waals surface area contributed by atoms with Crippen molar-refractivity contribution in [2.24, 2.45) is 0 Å². The van der Waals surface area contributed by atoms with Crippen molar-refractivity contribution in [3.8, 4) is 0 Å². The van der Waals surface area contributed by atoms with Gasteiger partial charge in [0.2, 0.25) is 5.91 Å². The van der Waals surface area contributed by atoms with Gasteiger partial charge in [-0.15, -0.1) is 0 Å². The first-order chi connectivity index (χ1) is 7.70. The third-order valence-corrected chi connectivity index (χ3v) is 3.30. The molecule has 1 heterocycles. The van der Waals surface area contributed by atoms with Gasteiger partial charge in [0.1, 0.15) is 0 Å². The lowest BCUT2D eigenvalue weighted by Gasteiger charge is -2.40. The molecule has 4 nitrogen and oxygen atoms in total. The average molecular weight is 227 g/mol. The lowest BCUT2D eigenvalue weighted by molar-refractivity contribution is -0.127. The third kappa shape index (κ3) is 3.46. The number of hydrogen-bond acceptors (Lipinski definition) is 3. The van der Waals surface area contributed by atoms with Gasteiger partial charge in [0, 0.05) is 25.7 Å². The van der Waals surface area contributed by atoms with E-state index in [-0.39, 0.29) is 11.9 Å². The van der Waals surface area contributed by atoms with E-state index in [0.29, 0.717) is 6.04 Å². The first-order valence-electron chi connectivity index (χ1n) is 6.44. The second-order valence-corrected chi connectivity index (χ2v) is 4.46. The summed E-state index contributed by atoms with van der Waals surface area (Å²) in [7, 11) is 0. The highest BCUT2D eigenvalue weighted by atomic mass is 16.2. The van der Waals surface area contributed by atoms with Crippen molar-refractivity contribution in [3.63, 3.8) is 0 Å². The number of nitrogens with zero attached hydrogens (tertiary/aromatic N) is 1. The lowest BCUT2D eigenvalue weighted by Crippen LogP contribution is -2.61. The zero-order valence-corrected chi connectivity index (χ0v) is 10.8. The highest BCUT2D eigenvalue weighted by Crippen LogP contribution is 2.09. The normalized spacial score (nSPS) is 18.2. The minimum atomic E-state index is -0.00560. The van der Waals surface area contributed by atoms with E-state index < -0.39 is 0 Å². The predicted octanol–water partition coefficient (Wildman–Crippen LogP) is 0.585. The number of carbonyl (C=O) groups excluding carboxylic acids is 1. The van der Waals surface area contributed by atoms with E-state index in [9.17, 15) is 4.79 Å². The summed E-state index contributed by atoms with van der Waals surface area (Å²) in [5, 5.41) is 6.25. The van der Waals surface area contributed by atoms with Gasteiger partial charge < -0.3 is 10.6 Å². The molecule has 0 aromatic heterocycles. The Labute approximate surface area is 98.8 Å². The molecule has 0 saturated carbocycles. The molecule has 1 amide bonds. The van der Waals surface area contributed by atoms with Crippen molar-refractivity contribution in [2.75, 3.05) is 26.2 Å². The Hall–Kier alpha value is -0.610. The molecule has 0 aromatic rings. The molecular weight excluding hydrogens is 202 g/mol. The summed E-state index contributed by atoms with van der Waals surface area (Å²) in [4.78, 5) is 14.2. The SMILES string of the molecule is CCCCNC(=O)C(C)N(CC)C1CNC1. The molecule has 16 heavy (non-hydrogen) atoms. The molecule has 0 aliphatic carbocycles. The molecule has 1 atom stereocenters. The fourth-order valence-corrected chi connectivity index (χ4v) is 2.04. The fourth-order valence-electron chi connectivity index (χ4n) is 2.04. The number of rotatable bonds is 7. The zero-order chi connectivity index (χ0) is 12.0. The van der Waals surface area contributed by atoms with Crippen molar-refractivity contribution in [1.29, 1.82) is 0 Å². The maximum Gasteiger partial charge on any atom is 0.237 e. The van der Waals surface area contributed by atoms with Gasteiger partial charge in [-0.3, -0.25) is 9.69 Å². The average Bonchev–Trinajstić information content (AvgIpc) is 2.22. The van der Waals surface area contributed by atoms with Gasteiger partial charge in [-0.2, -0.15) is 0 Å². The minimum Gasteiger partial charge on any atom is -0.355 e. The molecule has 1 aliphatic heterocycles. The molecule has 0 spiro atoms. The van der Waals surface area contributed by atoms with E-state index >= 15 is 0 Å². The molecular formula is C12H25N3O. The minimum absolute atomic E-state index is 0.00560. The first kappa shape index (κ1) is 13.5. The molecule has 94 valence electrons. The van der Waals surface area contributed by atoms with Gasteiger partial charge >= 0.3 is 0 Å². The predicted molar refractivity (Wildman–Crippen MR) is 66.4 cm³/mol. The molecule has 0 radical (unpaired) electrons. The molecule has 0 bridgehead atoms. The summed E-state index contributed by atoms with van der Waals surface area (Å²) in [6, 6.07) is 0.533. The second kappa shape index (κ2) is 6.86. The molecule has 1 fully saturated rings. The first-order valence-corrected chi connectivity index (χ1v) is 6.44. The van der Waals surface area contributed by atoms with Crippen LogP contribution in [0.5, 0.6) is 0 Å². The van der Waals surface area contributed by atoms with Gasteiger partial charge in [-0.05, 0) is 19.9 Å². The van der Waals surface area contributed by atoms with Crippen molar-refractivity contribution in [1.82, 2.24) is 15.5 Å². The summed E-state index contributed by atoms with van der Waals surface area (Å²) < 4.78 is 0. The smallest absolute Gasteiger partial charge is 0.237 e. The Kier molecular flexibility index (Phi) is 5.77. The number of likely N-dealkylation sites (N-methyl/N-ethyl adjacent to an activating group) is 1. The summed E-state index contributed by atoms with van der Waals surface area (Å²) in [5.41, 5.74) is 0. The van der Waals surface area contributed by atoms with Crippen LogP contribution in [0.15, 0.2) is 0 Å². The standard InChI is InChI=1S/C12H25N3O/c1-4-6-7-14-12(16)10(3)15(5-2)11-8-13-9-11/h10-11,13H,4-9H2,1-3H3,(H,14,16). The summed E-state index contributed by atoms with van der Waals surface area (Å²) in [5.74, 6) is 0.169. The van der Waals surface area contributed by atoms with Crippen molar-refractivity contribution in [2.45, 2.75) is 45.7 Å². The fraction of sp³-hybridized carbons (Fsp3) is 0.917. The topological polar surface area (TPSA) is 44.4 Å². The Balaban J connectivity index is 2.34. The van der Waals surface area contributed by atoms with E-state index in [0.717, 1.165) is 39.0 Å². The van der Waals surface area contributed by atoms with E-state index in [1.807, 2.05) is 6.92 Å². The van der Waals surface area contributed by atoms with Gasteiger partial charge in [-0.25, -0.2) is 0 Å². The Morgan fingerprint density at radius 2 is 2.19 bits per heavy atom. The number of amides is 1. The Morgan fingerprint density at radius 3 is 2.62 bits per heavy atom. The van der Waals surface area contributed by atoms with Crippen LogP contribution in [0.1, 0.15) is 33.6 Å². The van der Waals surface area contributed by atoms with Crippen molar-refractivity contribution in [3.05, 3.63) is 0 Å². The van der Waals surface area contributed by atoms with Crippen molar-refractivity contribution < 1.29 is 4.79 Å². The van der Waals surface area contributed by atoms with Gasteiger partial charge in [0.25, 0.3) is 0 Å². The Bertz CT molecular complexity index is 216. The van der Waals surface area contributed by atoms with Crippen molar-refractivity contribution >= 4 is 5.91 Å². The summed E-state index contributed by atoms with van der Waals surface area (Å²) in [6.07, 6.45) is 2.19. The molecule has 4 heteroatoms. The number of carbonyl (C=O) groups is 1. The van der Waals surface area contributed by atoms with E-state index in [1.165, 1.54) is 0 Å². The summed E-state index contributed by atoms with van der Waals surface area (Å²) in [6.45, 7) is 10.0. The van der Waals surface area contributed by atoms with Crippen LogP contribution < -0.4 is 10.6 Å². The molecule has 1 saturated heterocycles. The van der Waals surface area contributed by atoms with Crippen LogP contribution >= 0.6 is 0 Å². The quantitative estimate of drug-likeness (QED) is 0.626. The van der Waals surface area contributed by atoms with E-state index in [1.54, 1.807) is 0 Å². The van der Waals surface area contributed by atoms with Crippen LogP contribution in [0.2, 0.25) is 0 Å². The number of hydrogen-bond donors (Lipinski definition) is 2. The molecule has 1 aliphatic rings. The molecule has 1 unspecified atom stereocenters. The number of nitrogens with one attached hydrogen (secondary N) is 2. The maximum absolute atomic E-state index is 11.9. The van der Waals surface area contributed by atoms with Gasteiger partial charge in [0.15, 0.2) is 0 Å². The number of unbranched alkanes of at least 4 members (excludes halogenated alkanes) is 1. The molecule has 1 rings (SSSR count). The highest BCUT2D eigenvalue weighted by Gasteiger charge is 2.30. The third-order valence-electron chi connectivity index (χ3n) is 3.30. The van der Waals surface area contributed by atoms with Crippen LogP contribution in [0.25, 0.3) is 0 Å². The summed E-state index contributed by atoms with van der Waals surface area (Å²) >= 11 is 0. The monoisotopic (exact) mass is 227 g/mol. The van der Waals surface area contributed by atoms with E-state index in [4.69, 9.17) is 0 Å².